The van der Waals surface area contributed by atoms with E-state index in [9.17, 15) is 18.4 Å². The van der Waals surface area contributed by atoms with Crippen molar-refractivity contribution in [3.63, 3.8) is 0 Å². The first-order valence-corrected chi connectivity index (χ1v) is 10.2. The summed E-state index contributed by atoms with van der Waals surface area (Å²) in [4.78, 5) is 24.0. The topological polar surface area (TPSA) is 118 Å². The number of rotatable bonds is 10. The molecule has 0 aliphatic heterocycles. The van der Waals surface area contributed by atoms with Gasteiger partial charge in [-0.3, -0.25) is 10.1 Å². The summed E-state index contributed by atoms with van der Waals surface area (Å²) in [6.07, 6.45) is -0.224. The number of amides is 3. The summed E-state index contributed by atoms with van der Waals surface area (Å²) in [5.74, 6) is -2.33. The molecule has 0 saturated heterocycles. The monoisotopic (exact) mass is 441 g/mol. The number of benzene rings is 1. The Bertz CT molecular complexity index is 891. The van der Waals surface area contributed by atoms with E-state index >= 15 is 0 Å². The second-order valence-corrected chi connectivity index (χ2v) is 7.60. The van der Waals surface area contributed by atoms with Crippen molar-refractivity contribution >= 4 is 28.5 Å². The number of primary amides is 1. The third-order valence-electron chi connectivity index (χ3n) is 4.01. The van der Waals surface area contributed by atoms with Gasteiger partial charge in [0.1, 0.15) is 28.3 Å². The molecule has 1 aromatic heterocycles. The summed E-state index contributed by atoms with van der Waals surface area (Å²) < 4.78 is 36.9. The van der Waals surface area contributed by atoms with Gasteiger partial charge in [0, 0.05) is 18.2 Å². The van der Waals surface area contributed by atoms with Crippen LogP contribution >= 0.6 is 11.5 Å². The number of nitrogens with one attached hydrogen (secondary N) is 3. The zero-order chi connectivity index (χ0) is 22.3. The average Bonchev–Trinajstić information content (AvgIpc) is 3.05. The molecule has 5 N–H and O–H groups in total. The first-order valence-electron chi connectivity index (χ1n) is 9.38. The fourth-order valence-corrected chi connectivity index (χ4v) is 3.27. The molecule has 1 heterocycles. The van der Waals surface area contributed by atoms with Crippen LogP contribution in [0.3, 0.4) is 0 Å². The van der Waals surface area contributed by atoms with Crippen molar-refractivity contribution in [2.24, 2.45) is 5.73 Å². The van der Waals surface area contributed by atoms with Crippen LogP contribution in [-0.2, 0) is 0 Å². The van der Waals surface area contributed by atoms with Crippen LogP contribution in [0.2, 0.25) is 0 Å². The Morgan fingerprint density at radius 1 is 1.23 bits per heavy atom. The van der Waals surface area contributed by atoms with Crippen LogP contribution in [0.4, 0.5) is 18.6 Å². The van der Waals surface area contributed by atoms with Gasteiger partial charge in [-0.15, -0.1) is 0 Å². The molecule has 0 radical (unpaired) electrons. The first-order chi connectivity index (χ1) is 14.2. The number of aromatic nitrogens is 1. The van der Waals surface area contributed by atoms with Crippen molar-refractivity contribution in [2.45, 2.75) is 39.3 Å². The zero-order valence-corrected chi connectivity index (χ0v) is 17.7. The molecule has 164 valence electrons. The summed E-state index contributed by atoms with van der Waals surface area (Å²) >= 11 is 0.797. The van der Waals surface area contributed by atoms with Crippen LogP contribution in [0.15, 0.2) is 18.2 Å². The van der Waals surface area contributed by atoms with Gasteiger partial charge in [-0.1, -0.05) is 13.8 Å². The number of carbonyl (C=O) groups is 2. The number of nitrogens with two attached hydrogens (primary N) is 1. The van der Waals surface area contributed by atoms with Crippen molar-refractivity contribution in [2.75, 3.05) is 18.4 Å². The fraction of sp³-hybridized carbons (Fsp3) is 0.421. The van der Waals surface area contributed by atoms with E-state index in [1.807, 2.05) is 13.8 Å². The molecule has 3 amide bonds. The molecule has 2 rings (SSSR count). The number of nitrogens with zero attached hydrogens (tertiary/aromatic N) is 1. The summed E-state index contributed by atoms with van der Waals surface area (Å²) in [6, 6.07) is 2.80. The maximum atomic E-state index is 14.0. The van der Waals surface area contributed by atoms with Crippen LogP contribution < -0.4 is 26.4 Å². The summed E-state index contributed by atoms with van der Waals surface area (Å²) in [6.45, 7) is 6.71. The maximum Gasteiger partial charge on any atom is 0.319 e. The van der Waals surface area contributed by atoms with Crippen LogP contribution in [-0.4, -0.2) is 35.4 Å². The molecule has 2 aromatic rings. The highest BCUT2D eigenvalue weighted by atomic mass is 32.1. The molecule has 11 heteroatoms. The minimum atomic E-state index is -0.948. The Hall–Kier alpha value is -2.79. The van der Waals surface area contributed by atoms with Crippen LogP contribution in [0.5, 0.6) is 5.88 Å². The molecule has 0 aliphatic carbocycles. The number of carbonyl (C=O) groups excluding carboxylic acids is 2. The largest absolute Gasteiger partial charge is 0.468 e. The van der Waals surface area contributed by atoms with E-state index < -0.39 is 29.7 Å². The third-order valence-corrected chi connectivity index (χ3v) is 4.76. The highest BCUT2D eigenvalue weighted by Gasteiger charge is 2.24. The zero-order valence-electron chi connectivity index (χ0n) is 16.9. The Labute approximate surface area is 177 Å². The Morgan fingerprint density at radius 2 is 1.97 bits per heavy atom. The van der Waals surface area contributed by atoms with Crippen molar-refractivity contribution in [1.29, 1.82) is 0 Å². The molecular formula is C19H25F2N5O3S. The fourth-order valence-electron chi connectivity index (χ4n) is 2.54. The average molecular weight is 442 g/mol. The molecule has 8 nitrogen and oxygen atoms in total. The Kier molecular flexibility index (Phi) is 8.48. The van der Waals surface area contributed by atoms with Gasteiger partial charge in [0.2, 0.25) is 5.88 Å². The maximum absolute atomic E-state index is 14.0. The smallest absolute Gasteiger partial charge is 0.319 e. The predicted molar refractivity (Wildman–Crippen MR) is 111 cm³/mol. The second kappa shape index (κ2) is 10.8. The molecule has 0 fully saturated rings. The van der Waals surface area contributed by atoms with Crippen LogP contribution in [0.25, 0.3) is 0 Å². The van der Waals surface area contributed by atoms with Crippen LogP contribution in [0.1, 0.15) is 49.2 Å². The number of hydrogen-bond acceptors (Lipinski definition) is 6. The van der Waals surface area contributed by atoms with Gasteiger partial charge < -0.3 is 21.1 Å². The highest BCUT2D eigenvalue weighted by Crippen LogP contribution is 2.33. The van der Waals surface area contributed by atoms with E-state index in [4.69, 9.17) is 10.5 Å². The quantitative estimate of drug-likeness (QED) is 0.423. The number of halogens is 2. The lowest BCUT2D eigenvalue weighted by Crippen LogP contribution is -2.32. The van der Waals surface area contributed by atoms with Gasteiger partial charge >= 0.3 is 6.03 Å². The lowest BCUT2D eigenvalue weighted by molar-refractivity contribution is 0.0994. The third kappa shape index (κ3) is 6.63. The van der Waals surface area contributed by atoms with Crippen molar-refractivity contribution < 1.29 is 23.1 Å². The van der Waals surface area contributed by atoms with Gasteiger partial charge in [0.15, 0.2) is 0 Å². The summed E-state index contributed by atoms with van der Waals surface area (Å²) in [5.41, 5.74) is 5.23. The molecular weight excluding hydrogens is 416 g/mol. The van der Waals surface area contributed by atoms with Crippen LogP contribution in [0, 0.1) is 11.6 Å². The molecule has 1 atom stereocenters. The normalized spacial score (nSPS) is 11.9. The Morgan fingerprint density at radius 3 is 2.63 bits per heavy atom. The number of urea groups is 1. The molecule has 1 unspecified atom stereocenters. The number of ether oxygens (including phenoxy) is 1. The molecule has 0 aliphatic rings. The lowest BCUT2D eigenvalue weighted by Gasteiger charge is -2.15. The molecule has 0 spiro atoms. The lowest BCUT2D eigenvalue weighted by atomic mass is 10.1. The Balaban J connectivity index is 2.03. The summed E-state index contributed by atoms with van der Waals surface area (Å²) in [7, 11) is 0. The van der Waals surface area contributed by atoms with E-state index in [2.05, 4.69) is 20.3 Å². The van der Waals surface area contributed by atoms with Crippen molar-refractivity contribution in [1.82, 2.24) is 15.0 Å². The highest BCUT2D eigenvalue weighted by molar-refractivity contribution is 7.11. The van der Waals surface area contributed by atoms with Gasteiger partial charge in [0.05, 0.1) is 0 Å². The van der Waals surface area contributed by atoms with Crippen molar-refractivity contribution in [3.05, 3.63) is 41.0 Å². The summed E-state index contributed by atoms with van der Waals surface area (Å²) in [5, 5.41) is 8.51. The van der Waals surface area contributed by atoms with E-state index in [0.717, 1.165) is 42.7 Å². The first kappa shape index (κ1) is 23.5. The predicted octanol–water partition coefficient (Wildman–Crippen LogP) is 3.17. The van der Waals surface area contributed by atoms with Gasteiger partial charge in [-0.05, 0) is 49.6 Å². The van der Waals surface area contributed by atoms with E-state index in [0.29, 0.717) is 12.6 Å². The van der Waals surface area contributed by atoms with E-state index in [1.165, 1.54) is 6.92 Å². The van der Waals surface area contributed by atoms with Gasteiger partial charge in [0.25, 0.3) is 5.91 Å². The number of hydrogen-bond donors (Lipinski definition) is 4. The van der Waals surface area contributed by atoms with Crippen molar-refractivity contribution in [3.8, 4) is 5.88 Å². The van der Waals surface area contributed by atoms with E-state index in [-0.39, 0.29) is 22.0 Å². The second-order valence-electron chi connectivity index (χ2n) is 6.83. The number of anilines is 1. The van der Waals surface area contributed by atoms with Gasteiger partial charge in [-0.25, -0.2) is 13.6 Å². The molecule has 1 aromatic carbocycles. The minimum absolute atomic E-state index is 0.0410. The molecule has 0 saturated carbocycles. The van der Waals surface area contributed by atoms with E-state index in [1.54, 1.807) is 0 Å². The SMILES string of the molecule is CC(C)NCCCNC(=O)Nc1snc(OC(C)c2cc(F)ccc2F)c1C(N)=O. The molecule has 30 heavy (non-hydrogen) atoms. The van der Waals surface area contributed by atoms with Gasteiger partial charge in [-0.2, -0.15) is 4.37 Å². The standard InChI is InChI=1S/C19H25F2N5O3S/c1-10(2)23-7-4-8-24-19(28)25-18-15(16(22)27)17(26-30-18)29-11(3)13-9-12(20)5-6-14(13)21/h5-6,9-11,23H,4,7-8H2,1-3H3,(H2,22,27)(H2,24,25,28). The molecule has 0 bridgehead atoms. The minimum Gasteiger partial charge on any atom is -0.468 e.